The van der Waals surface area contributed by atoms with E-state index in [0.29, 0.717) is 25.7 Å². The van der Waals surface area contributed by atoms with Gasteiger partial charge in [0.15, 0.2) is 0 Å². The minimum absolute atomic E-state index is 0.170. The first-order chi connectivity index (χ1) is 11.4. The molecule has 0 aliphatic heterocycles. The molecule has 0 bridgehead atoms. The van der Waals surface area contributed by atoms with Gasteiger partial charge in [0.1, 0.15) is 0 Å². The van der Waals surface area contributed by atoms with E-state index in [9.17, 15) is 19.8 Å². The molecule has 1 aliphatic carbocycles. The molecule has 0 aromatic heterocycles. The van der Waals surface area contributed by atoms with Crippen LogP contribution < -0.4 is 0 Å². The molecule has 3 unspecified atom stereocenters. The molecule has 0 aromatic carbocycles. The van der Waals surface area contributed by atoms with Crippen LogP contribution in [0.25, 0.3) is 0 Å². The van der Waals surface area contributed by atoms with E-state index in [-0.39, 0.29) is 5.92 Å². The lowest BCUT2D eigenvalue weighted by Crippen LogP contribution is -2.56. The molecule has 0 spiro atoms. The second-order valence-electron chi connectivity index (χ2n) is 7.37. The zero-order chi connectivity index (χ0) is 18.2. The van der Waals surface area contributed by atoms with Gasteiger partial charge in [-0.1, -0.05) is 77.9 Å². The highest BCUT2D eigenvalue weighted by molar-refractivity contribution is 5.87. The molecule has 0 aromatic rings. The van der Waals surface area contributed by atoms with Crippen LogP contribution in [0.1, 0.15) is 85.0 Å². The molecule has 138 valence electrons. The molecule has 0 radical (unpaired) electrons. The van der Waals surface area contributed by atoms with Crippen molar-refractivity contribution >= 4 is 11.9 Å². The highest BCUT2D eigenvalue weighted by Crippen LogP contribution is 2.57. The van der Waals surface area contributed by atoms with Gasteiger partial charge in [-0.2, -0.15) is 0 Å². The maximum Gasteiger partial charge on any atom is 0.311 e. The predicted octanol–water partition coefficient (Wildman–Crippen LogP) is 5.28. The van der Waals surface area contributed by atoms with Crippen molar-refractivity contribution in [3.05, 3.63) is 12.2 Å². The summed E-state index contributed by atoms with van der Waals surface area (Å²) in [6.45, 7) is 6.01. The average molecular weight is 338 g/mol. The molecule has 24 heavy (non-hydrogen) atoms. The number of unbranched alkanes of at least 4 members (excludes halogenated alkanes) is 5. The molecule has 4 heteroatoms. The van der Waals surface area contributed by atoms with Crippen molar-refractivity contribution < 1.29 is 19.8 Å². The quantitative estimate of drug-likeness (QED) is 0.397. The predicted molar refractivity (Wildman–Crippen MR) is 96.0 cm³/mol. The Bertz CT molecular complexity index is 457. The molecule has 0 saturated heterocycles. The van der Waals surface area contributed by atoms with Crippen LogP contribution in [0.5, 0.6) is 0 Å². The molecule has 1 rings (SSSR count). The first-order valence-electron chi connectivity index (χ1n) is 9.50. The fourth-order valence-electron chi connectivity index (χ4n) is 4.37. The summed E-state index contributed by atoms with van der Waals surface area (Å²) in [6, 6.07) is 0. The van der Waals surface area contributed by atoms with Crippen molar-refractivity contribution in [2.75, 3.05) is 0 Å². The smallest absolute Gasteiger partial charge is 0.311 e. The van der Waals surface area contributed by atoms with Gasteiger partial charge in [-0.15, -0.1) is 0 Å². The topological polar surface area (TPSA) is 74.6 Å². The van der Waals surface area contributed by atoms with Gasteiger partial charge in [-0.25, -0.2) is 0 Å². The summed E-state index contributed by atoms with van der Waals surface area (Å²) in [6.07, 6.45) is 11.9. The summed E-state index contributed by atoms with van der Waals surface area (Å²) in [5, 5.41) is 20.1. The van der Waals surface area contributed by atoms with Gasteiger partial charge in [0.25, 0.3) is 0 Å². The maximum atomic E-state index is 12.3. The molecule has 0 fully saturated rings. The van der Waals surface area contributed by atoms with E-state index in [0.717, 1.165) is 19.3 Å². The summed E-state index contributed by atoms with van der Waals surface area (Å²) in [4.78, 5) is 24.6. The van der Waals surface area contributed by atoms with Crippen LogP contribution in [0.4, 0.5) is 0 Å². The monoisotopic (exact) mass is 338 g/mol. The highest BCUT2D eigenvalue weighted by atomic mass is 16.4. The number of carboxylic acid groups (broad SMARTS) is 2. The molecule has 2 N–H and O–H groups in total. The molecule has 3 atom stereocenters. The number of hydrogen-bond donors (Lipinski definition) is 2. The third kappa shape index (κ3) is 3.84. The van der Waals surface area contributed by atoms with Crippen LogP contribution in [-0.4, -0.2) is 22.2 Å². The fourth-order valence-corrected chi connectivity index (χ4v) is 4.37. The summed E-state index contributed by atoms with van der Waals surface area (Å²) in [5.41, 5.74) is -2.39. The Balaban J connectivity index is 3.03. The Morgan fingerprint density at radius 3 is 2.08 bits per heavy atom. The van der Waals surface area contributed by atoms with Crippen molar-refractivity contribution in [3.8, 4) is 0 Å². The Hall–Kier alpha value is -1.32. The van der Waals surface area contributed by atoms with Crippen LogP contribution in [0, 0.1) is 16.7 Å². The van der Waals surface area contributed by atoms with E-state index in [1.807, 2.05) is 26.0 Å². The van der Waals surface area contributed by atoms with Crippen LogP contribution in [0.15, 0.2) is 12.2 Å². The molecule has 0 saturated carbocycles. The van der Waals surface area contributed by atoms with E-state index in [1.165, 1.54) is 19.3 Å². The lowest BCUT2D eigenvalue weighted by molar-refractivity contribution is -0.182. The summed E-state index contributed by atoms with van der Waals surface area (Å²) in [7, 11) is 0. The molecule has 1 aliphatic rings. The van der Waals surface area contributed by atoms with Gasteiger partial charge >= 0.3 is 11.9 Å². The van der Waals surface area contributed by atoms with Crippen molar-refractivity contribution in [1.29, 1.82) is 0 Å². The second kappa shape index (κ2) is 9.24. The number of rotatable bonds is 11. The van der Waals surface area contributed by atoms with Crippen molar-refractivity contribution in [2.24, 2.45) is 16.7 Å². The van der Waals surface area contributed by atoms with Gasteiger partial charge in [0, 0.05) is 0 Å². The number of carbonyl (C=O) groups is 2. The van der Waals surface area contributed by atoms with Crippen LogP contribution in [0.2, 0.25) is 0 Å². The molecular weight excluding hydrogens is 304 g/mol. The Kier molecular flexibility index (Phi) is 7.98. The van der Waals surface area contributed by atoms with E-state index in [4.69, 9.17) is 0 Å². The summed E-state index contributed by atoms with van der Waals surface area (Å²) >= 11 is 0. The number of aliphatic carboxylic acids is 2. The van der Waals surface area contributed by atoms with Crippen LogP contribution in [0.3, 0.4) is 0 Å². The van der Waals surface area contributed by atoms with Gasteiger partial charge in [0.2, 0.25) is 0 Å². The Labute approximate surface area is 146 Å². The van der Waals surface area contributed by atoms with E-state index < -0.39 is 22.8 Å². The fraction of sp³-hybridized carbons (Fsp3) is 0.800. The van der Waals surface area contributed by atoms with E-state index >= 15 is 0 Å². The standard InChI is InChI=1S/C20H34O4/c1-4-6-7-8-9-10-13-19(17(21)22)14-11-12-15-20(19,18(23)24)16(3)5-2/h11-12,16H,4-10,13-15H2,1-3H3,(H,21,22)(H,23,24). The Morgan fingerprint density at radius 2 is 1.54 bits per heavy atom. The minimum Gasteiger partial charge on any atom is -0.481 e. The van der Waals surface area contributed by atoms with E-state index in [1.54, 1.807) is 0 Å². The number of hydrogen-bond acceptors (Lipinski definition) is 2. The van der Waals surface area contributed by atoms with Crippen molar-refractivity contribution in [2.45, 2.75) is 85.0 Å². The summed E-state index contributed by atoms with van der Waals surface area (Å²) in [5.74, 6) is -2.06. The lowest BCUT2D eigenvalue weighted by atomic mass is 9.50. The second-order valence-corrected chi connectivity index (χ2v) is 7.37. The number of carboxylic acids is 2. The molecule has 0 heterocycles. The largest absolute Gasteiger partial charge is 0.481 e. The first-order valence-corrected chi connectivity index (χ1v) is 9.50. The zero-order valence-electron chi connectivity index (χ0n) is 15.5. The SMILES string of the molecule is CCCCCCCCC1(C(=O)O)CC=CCC1(C(=O)O)C(C)CC. The van der Waals surface area contributed by atoms with Crippen LogP contribution in [-0.2, 0) is 9.59 Å². The van der Waals surface area contributed by atoms with Gasteiger partial charge in [0.05, 0.1) is 10.8 Å². The summed E-state index contributed by atoms with van der Waals surface area (Å²) < 4.78 is 0. The third-order valence-electron chi connectivity index (χ3n) is 6.13. The Morgan fingerprint density at radius 1 is 0.958 bits per heavy atom. The normalized spacial score (nSPS) is 27.8. The first kappa shape index (κ1) is 20.7. The molecule has 4 nitrogen and oxygen atoms in total. The lowest BCUT2D eigenvalue weighted by Gasteiger charge is -2.50. The van der Waals surface area contributed by atoms with Gasteiger partial charge < -0.3 is 10.2 Å². The van der Waals surface area contributed by atoms with Gasteiger partial charge in [-0.3, -0.25) is 9.59 Å². The van der Waals surface area contributed by atoms with Crippen molar-refractivity contribution in [3.63, 3.8) is 0 Å². The third-order valence-corrected chi connectivity index (χ3v) is 6.13. The van der Waals surface area contributed by atoms with E-state index in [2.05, 4.69) is 6.92 Å². The number of allylic oxidation sites excluding steroid dienone is 2. The molecular formula is C20H34O4. The highest BCUT2D eigenvalue weighted by Gasteiger charge is 2.62. The van der Waals surface area contributed by atoms with Crippen molar-refractivity contribution in [1.82, 2.24) is 0 Å². The maximum absolute atomic E-state index is 12.3. The molecule has 0 amide bonds. The average Bonchev–Trinajstić information content (AvgIpc) is 2.57. The zero-order valence-corrected chi connectivity index (χ0v) is 15.5. The van der Waals surface area contributed by atoms with Crippen LogP contribution >= 0.6 is 0 Å². The van der Waals surface area contributed by atoms with Gasteiger partial charge in [-0.05, 0) is 25.2 Å². The minimum atomic E-state index is -1.20.